The SMILES string of the molecule is C=CCn1c(SCC(=O)NC)nnc1-c1cc2c(s1)CCC(C(C)(C)C)C2. The van der Waals surface area contributed by atoms with Gasteiger partial charge in [-0.2, -0.15) is 0 Å². The van der Waals surface area contributed by atoms with Crippen LogP contribution >= 0.6 is 23.1 Å². The van der Waals surface area contributed by atoms with Crippen molar-refractivity contribution >= 4 is 29.0 Å². The zero-order valence-electron chi connectivity index (χ0n) is 16.5. The predicted octanol–water partition coefficient (Wildman–Crippen LogP) is 4.18. The zero-order chi connectivity index (χ0) is 19.6. The van der Waals surface area contributed by atoms with E-state index in [1.54, 1.807) is 7.05 Å². The highest BCUT2D eigenvalue weighted by Gasteiger charge is 2.30. The monoisotopic (exact) mass is 404 g/mol. The number of thioether (sulfide) groups is 1. The van der Waals surface area contributed by atoms with Crippen LogP contribution in [-0.2, 0) is 24.2 Å². The molecule has 0 spiro atoms. The molecule has 27 heavy (non-hydrogen) atoms. The Morgan fingerprint density at radius 1 is 1.48 bits per heavy atom. The second-order valence-corrected chi connectivity index (χ2v) is 10.1. The number of rotatable bonds is 6. The van der Waals surface area contributed by atoms with Crippen molar-refractivity contribution in [3.05, 3.63) is 29.2 Å². The highest BCUT2D eigenvalue weighted by molar-refractivity contribution is 7.99. The van der Waals surface area contributed by atoms with Gasteiger partial charge in [-0.1, -0.05) is 38.6 Å². The van der Waals surface area contributed by atoms with Crippen molar-refractivity contribution in [1.29, 1.82) is 0 Å². The largest absolute Gasteiger partial charge is 0.358 e. The maximum absolute atomic E-state index is 11.6. The number of allylic oxidation sites excluding steroid dienone is 1. The van der Waals surface area contributed by atoms with Gasteiger partial charge in [-0.15, -0.1) is 28.1 Å². The molecule has 1 amide bonds. The van der Waals surface area contributed by atoms with Crippen molar-refractivity contribution in [1.82, 2.24) is 20.1 Å². The van der Waals surface area contributed by atoms with Gasteiger partial charge in [-0.25, -0.2) is 0 Å². The minimum absolute atomic E-state index is 0.0190. The van der Waals surface area contributed by atoms with E-state index in [-0.39, 0.29) is 5.91 Å². The molecule has 2 heterocycles. The molecule has 1 N–H and O–H groups in total. The van der Waals surface area contributed by atoms with Crippen LogP contribution in [-0.4, -0.2) is 33.5 Å². The maximum Gasteiger partial charge on any atom is 0.230 e. The average molecular weight is 405 g/mol. The van der Waals surface area contributed by atoms with Crippen molar-refractivity contribution in [3.8, 4) is 10.7 Å². The number of carbonyl (C=O) groups is 1. The highest BCUT2D eigenvalue weighted by atomic mass is 32.2. The first kappa shape index (κ1) is 20.1. The molecular weight excluding hydrogens is 376 g/mol. The van der Waals surface area contributed by atoms with Crippen LogP contribution in [0, 0.1) is 11.3 Å². The molecule has 0 fully saturated rings. The van der Waals surface area contributed by atoms with Crippen molar-refractivity contribution in [2.45, 2.75) is 51.7 Å². The summed E-state index contributed by atoms with van der Waals surface area (Å²) in [5, 5.41) is 12.2. The van der Waals surface area contributed by atoms with Gasteiger partial charge < -0.3 is 5.32 Å². The Morgan fingerprint density at radius 2 is 2.26 bits per heavy atom. The van der Waals surface area contributed by atoms with Gasteiger partial charge in [0.2, 0.25) is 5.91 Å². The topological polar surface area (TPSA) is 59.8 Å². The summed E-state index contributed by atoms with van der Waals surface area (Å²) in [5.41, 5.74) is 1.81. The second-order valence-electron chi connectivity index (χ2n) is 8.03. The van der Waals surface area contributed by atoms with Gasteiger partial charge in [0, 0.05) is 18.5 Å². The van der Waals surface area contributed by atoms with Crippen LogP contribution in [0.3, 0.4) is 0 Å². The third-order valence-corrected chi connectivity index (χ3v) is 7.37. The predicted molar refractivity (Wildman–Crippen MR) is 113 cm³/mol. The number of thiophene rings is 1. The van der Waals surface area contributed by atoms with Crippen LogP contribution in [0.4, 0.5) is 0 Å². The number of fused-ring (bicyclic) bond motifs is 1. The second kappa shape index (κ2) is 8.19. The fourth-order valence-corrected chi connectivity index (χ4v) is 5.47. The molecule has 0 saturated carbocycles. The molecule has 3 rings (SSSR count). The number of amides is 1. The number of hydrogen-bond donors (Lipinski definition) is 1. The number of hydrogen-bond acceptors (Lipinski definition) is 5. The first-order chi connectivity index (χ1) is 12.8. The molecule has 0 bridgehead atoms. The molecule has 146 valence electrons. The molecule has 2 aromatic heterocycles. The molecule has 2 aromatic rings. The summed E-state index contributed by atoms with van der Waals surface area (Å²) >= 11 is 3.25. The molecule has 0 aromatic carbocycles. The first-order valence-corrected chi connectivity index (χ1v) is 11.1. The lowest BCUT2D eigenvalue weighted by molar-refractivity contribution is -0.118. The van der Waals surface area contributed by atoms with Crippen molar-refractivity contribution in [2.24, 2.45) is 11.3 Å². The fraction of sp³-hybridized carbons (Fsp3) is 0.550. The van der Waals surface area contributed by atoms with E-state index in [4.69, 9.17) is 0 Å². The summed E-state index contributed by atoms with van der Waals surface area (Å²) in [6.07, 6.45) is 5.39. The molecule has 0 aliphatic heterocycles. The zero-order valence-corrected chi connectivity index (χ0v) is 18.2. The standard InChI is InChI=1S/C20H28N4OS2/c1-6-9-24-18(22-23-19(24)26-12-17(25)21-5)16-11-13-10-14(20(2,3)4)7-8-15(13)27-16/h6,11,14H,1,7-10,12H2,2-5H3,(H,21,25). The van der Waals surface area contributed by atoms with Gasteiger partial charge in [0.05, 0.1) is 10.6 Å². The Morgan fingerprint density at radius 3 is 2.93 bits per heavy atom. The fourth-order valence-electron chi connectivity index (χ4n) is 3.45. The Labute approximate surface area is 169 Å². The molecule has 0 radical (unpaired) electrons. The van der Waals surface area contributed by atoms with Gasteiger partial charge in [-0.3, -0.25) is 9.36 Å². The molecule has 5 nitrogen and oxygen atoms in total. The van der Waals surface area contributed by atoms with Gasteiger partial charge in [0.25, 0.3) is 0 Å². The number of carbonyl (C=O) groups excluding carboxylic acids is 1. The van der Waals surface area contributed by atoms with Crippen LogP contribution in [0.25, 0.3) is 10.7 Å². The molecular formula is C20H28N4OS2. The summed E-state index contributed by atoms with van der Waals surface area (Å²) < 4.78 is 2.05. The summed E-state index contributed by atoms with van der Waals surface area (Å²) in [7, 11) is 1.64. The molecule has 1 unspecified atom stereocenters. The summed E-state index contributed by atoms with van der Waals surface area (Å²) in [6.45, 7) is 11.5. The minimum Gasteiger partial charge on any atom is -0.358 e. The van der Waals surface area contributed by atoms with Crippen LogP contribution in [0.1, 0.15) is 37.6 Å². The van der Waals surface area contributed by atoms with Crippen LogP contribution in [0.5, 0.6) is 0 Å². The molecule has 7 heteroatoms. The lowest BCUT2D eigenvalue weighted by Crippen LogP contribution is -2.26. The minimum atomic E-state index is -0.0190. The van der Waals surface area contributed by atoms with Crippen LogP contribution < -0.4 is 5.32 Å². The Bertz CT molecular complexity index is 832. The van der Waals surface area contributed by atoms with Gasteiger partial charge in [0.15, 0.2) is 11.0 Å². The third kappa shape index (κ3) is 4.46. The van der Waals surface area contributed by atoms with Crippen molar-refractivity contribution < 1.29 is 4.79 Å². The first-order valence-electron chi connectivity index (χ1n) is 9.33. The smallest absolute Gasteiger partial charge is 0.230 e. The molecule has 1 aliphatic carbocycles. The van der Waals surface area contributed by atoms with E-state index in [1.165, 1.54) is 28.6 Å². The van der Waals surface area contributed by atoms with E-state index < -0.39 is 0 Å². The number of aryl methyl sites for hydroxylation is 1. The van der Waals surface area contributed by atoms with Gasteiger partial charge >= 0.3 is 0 Å². The third-order valence-electron chi connectivity index (χ3n) is 5.17. The molecule has 0 saturated heterocycles. The average Bonchev–Trinajstić information content (AvgIpc) is 3.22. The van der Waals surface area contributed by atoms with Gasteiger partial charge in [0.1, 0.15) is 0 Å². The quantitative estimate of drug-likeness (QED) is 0.579. The van der Waals surface area contributed by atoms with E-state index in [0.29, 0.717) is 17.7 Å². The Hall–Kier alpha value is -1.60. The summed E-state index contributed by atoms with van der Waals surface area (Å²) in [4.78, 5) is 14.2. The lowest BCUT2D eigenvalue weighted by Gasteiger charge is -2.33. The van der Waals surface area contributed by atoms with E-state index in [9.17, 15) is 4.79 Å². The van der Waals surface area contributed by atoms with Crippen molar-refractivity contribution in [2.75, 3.05) is 12.8 Å². The van der Waals surface area contributed by atoms with Crippen LogP contribution in [0.2, 0.25) is 0 Å². The van der Waals surface area contributed by atoms with E-state index in [2.05, 4.69) is 53.5 Å². The normalized spacial score (nSPS) is 16.8. The van der Waals surface area contributed by atoms with E-state index in [1.807, 2.05) is 17.4 Å². The highest BCUT2D eigenvalue weighted by Crippen LogP contribution is 2.42. The lowest BCUT2D eigenvalue weighted by atomic mass is 9.72. The van der Waals surface area contributed by atoms with Crippen LogP contribution in [0.15, 0.2) is 23.9 Å². The number of aromatic nitrogens is 3. The van der Waals surface area contributed by atoms with E-state index >= 15 is 0 Å². The Balaban J connectivity index is 1.87. The molecule has 1 aliphatic rings. The van der Waals surface area contributed by atoms with Gasteiger partial charge in [-0.05, 0) is 42.2 Å². The maximum atomic E-state index is 11.6. The Kier molecular flexibility index (Phi) is 6.11. The number of nitrogens with zero attached hydrogens (tertiary/aromatic N) is 3. The number of nitrogens with one attached hydrogen (secondary N) is 1. The van der Waals surface area contributed by atoms with Crippen molar-refractivity contribution in [3.63, 3.8) is 0 Å². The summed E-state index contributed by atoms with van der Waals surface area (Å²) in [5.74, 6) is 1.91. The summed E-state index contributed by atoms with van der Waals surface area (Å²) in [6, 6.07) is 2.30. The van der Waals surface area contributed by atoms with E-state index in [0.717, 1.165) is 34.6 Å². The molecule has 1 atom stereocenters.